The molecule has 0 amide bonds. The maximum absolute atomic E-state index is 2.53. The van der Waals surface area contributed by atoms with Crippen molar-refractivity contribution in [1.29, 1.82) is 0 Å². The van der Waals surface area contributed by atoms with Crippen LogP contribution in [0, 0.1) is 41.4 Å². The summed E-state index contributed by atoms with van der Waals surface area (Å²) in [5.41, 5.74) is 0. The minimum Gasteiger partial charge on any atom is -0.0651 e. The average molecular weight is 248 g/mol. The molecule has 3 rings (SSSR count). The van der Waals surface area contributed by atoms with Crippen molar-refractivity contribution in [3.63, 3.8) is 0 Å². The average Bonchev–Trinajstić information content (AvgIpc) is 2.79. The van der Waals surface area contributed by atoms with Gasteiger partial charge in [0.2, 0.25) is 0 Å². The summed E-state index contributed by atoms with van der Waals surface area (Å²) >= 11 is 0. The molecule has 6 unspecified atom stereocenters. The second-order valence-corrected chi connectivity index (χ2v) is 7.61. The molecule has 0 spiro atoms. The molecule has 0 heteroatoms. The van der Waals surface area contributed by atoms with Crippen LogP contribution in [0.3, 0.4) is 0 Å². The first-order valence-electron chi connectivity index (χ1n) is 8.76. The molecule has 0 aromatic heterocycles. The summed E-state index contributed by atoms with van der Waals surface area (Å²) in [7, 11) is 0. The SMILES string of the molecule is CCC1CCC2C(CCC3C2CC[C@H]3C)C1CC. The van der Waals surface area contributed by atoms with E-state index in [0.717, 1.165) is 41.4 Å². The molecule has 0 nitrogen and oxygen atoms in total. The van der Waals surface area contributed by atoms with Gasteiger partial charge in [-0.05, 0) is 73.5 Å². The van der Waals surface area contributed by atoms with Gasteiger partial charge in [0.25, 0.3) is 0 Å². The lowest BCUT2D eigenvalue weighted by Gasteiger charge is -2.50. The molecular formula is C18H32. The van der Waals surface area contributed by atoms with Crippen LogP contribution in [0.5, 0.6) is 0 Å². The molecule has 3 fully saturated rings. The van der Waals surface area contributed by atoms with E-state index in [0.29, 0.717) is 0 Å². The van der Waals surface area contributed by atoms with Gasteiger partial charge in [0.15, 0.2) is 0 Å². The highest BCUT2D eigenvalue weighted by molar-refractivity contribution is 4.98. The van der Waals surface area contributed by atoms with Crippen molar-refractivity contribution < 1.29 is 0 Å². The van der Waals surface area contributed by atoms with Crippen molar-refractivity contribution in [1.82, 2.24) is 0 Å². The smallest absolute Gasteiger partial charge is 0.0352 e. The van der Waals surface area contributed by atoms with Gasteiger partial charge >= 0.3 is 0 Å². The molecule has 3 saturated carbocycles. The Labute approximate surface area is 114 Å². The van der Waals surface area contributed by atoms with Crippen molar-refractivity contribution in [3.05, 3.63) is 0 Å². The van der Waals surface area contributed by atoms with E-state index in [1.807, 2.05) is 0 Å². The fraction of sp³-hybridized carbons (Fsp3) is 1.00. The third-order valence-electron chi connectivity index (χ3n) is 7.19. The van der Waals surface area contributed by atoms with Gasteiger partial charge < -0.3 is 0 Å². The zero-order chi connectivity index (χ0) is 12.7. The van der Waals surface area contributed by atoms with Crippen molar-refractivity contribution in [2.24, 2.45) is 41.4 Å². The molecule has 0 saturated heterocycles. The van der Waals surface area contributed by atoms with E-state index in [1.165, 1.54) is 19.3 Å². The van der Waals surface area contributed by atoms with E-state index >= 15 is 0 Å². The summed E-state index contributed by atoms with van der Waals surface area (Å²) < 4.78 is 0. The van der Waals surface area contributed by atoms with Crippen molar-refractivity contribution in [2.45, 2.75) is 72.1 Å². The predicted octanol–water partition coefficient (Wildman–Crippen LogP) is 5.52. The maximum Gasteiger partial charge on any atom is -0.0352 e. The predicted molar refractivity (Wildman–Crippen MR) is 78.4 cm³/mol. The number of fused-ring (bicyclic) bond motifs is 3. The molecule has 0 aromatic carbocycles. The van der Waals surface area contributed by atoms with Gasteiger partial charge in [-0.3, -0.25) is 0 Å². The Morgan fingerprint density at radius 3 is 2.00 bits per heavy atom. The Balaban J connectivity index is 1.77. The normalized spacial score (nSPS) is 51.8. The molecule has 0 radical (unpaired) electrons. The third kappa shape index (κ3) is 1.95. The number of hydrogen-bond acceptors (Lipinski definition) is 0. The Kier molecular flexibility index (Phi) is 3.74. The van der Waals surface area contributed by atoms with Gasteiger partial charge in [0.05, 0.1) is 0 Å². The molecule has 104 valence electrons. The zero-order valence-corrected chi connectivity index (χ0v) is 12.7. The van der Waals surface area contributed by atoms with Gasteiger partial charge in [-0.1, -0.05) is 40.0 Å². The summed E-state index contributed by atoms with van der Waals surface area (Å²) in [6, 6.07) is 0. The number of hydrogen-bond donors (Lipinski definition) is 0. The second kappa shape index (κ2) is 5.17. The van der Waals surface area contributed by atoms with Gasteiger partial charge in [0, 0.05) is 0 Å². The highest BCUT2D eigenvalue weighted by Crippen LogP contribution is 2.57. The monoisotopic (exact) mass is 248 g/mol. The van der Waals surface area contributed by atoms with Gasteiger partial charge in [-0.2, -0.15) is 0 Å². The first kappa shape index (κ1) is 13.0. The zero-order valence-electron chi connectivity index (χ0n) is 12.7. The van der Waals surface area contributed by atoms with E-state index in [9.17, 15) is 0 Å². The van der Waals surface area contributed by atoms with Crippen molar-refractivity contribution in [3.8, 4) is 0 Å². The number of rotatable bonds is 2. The topological polar surface area (TPSA) is 0 Å². The van der Waals surface area contributed by atoms with E-state index in [2.05, 4.69) is 20.8 Å². The quantitative estimate of drug-likeness (QED) is 0.603. The van der Waals surface area contributed by atoms with Crippen LogP contribution in [-0.4, -0.2) is 0 Å². The lowest BCUT2D eigenvalue weighted by atomic mass is 9.55. The molecule has 0 aliphatic heterocycles. The molecule has 0 heterocycles. The van der Waals surface area contributed by atoms with Gasteiger partial charge in [0.1, 0.15) is 0 Å². The summed E-state index contributed by atoms with van der Waals surface area (Å²) in [5.74, 6) is 7.66. The standard InChI is InChI=1S/C18H32/c1-4-13-7-9-18-16(14(13)5-2)11-10-15-12(3)6-8-17(15)18/h12-18H,4-11H2,1-3H3/t12-,13?,14?,15?,16?,17?,18?/m1/s1. The Morgan fingerprint density at radius 1 is 0.667 bits per heavy atom. The van der Waals surface area contributed by atoms with E-state index in [4.69, 9.17) is 0 Å². The fourth-order valence-corrected chi connectivity index (χ4v) is 6.33. The van der Waals surface area contributed by atoms with E-state index < -0.39 is 0 Å². The minimum absolute atomic E-state index is 1.04. The van der Waals surface area contributed by atoms with Crippen LogP contribution in [0.15, 0.2) is 0 Å². The van der Waals surface area contributed by atoms with Gasteiger partial charge in [-0.25, -0.2) is 0 Å². The Hall–Kier alpha value is 0. The van der Waals surface area contributed by atoms with Crippen molar-refractivity contribution in [2.75, 3.05) is 0 Å². The van der Waals surface area contributed by atoms with Gasteiger partial charge in [-0.15, -0.1) is 0 Å². The van der Waals surface area contributed by atoms with Crippen LogP contribution in [0.2, 0.25) is 0 Å². The largest absolute Gasteiger partial charge is 0.0651 e. The minimum atomic E-state index is 1.04. The molecule has 0 aromatic rings. The lowest BCUT2D eigenvalue weighted by molar-refractivity contribution is -0.00975. The second-order valence-electron chi connectivity index (χ2n) is 7.61. The first-order chi connectivity index (χ1) is 8.76. The lowest BCUT2D eigenvalue weighted by Crippen LogP contribution is -2.42. The van der Waals surface area contributed by atoms with Crippen LogP contribution in [0.25, 0.3) is 0 Å². The van der Waals surface area contributed by atoms with Crippen LogP contribution >= 0.6 is 0 Å². The van der Waals surface area contributed by atoms with E-state index in [1.54, 1.807) is 32.1 Å². The fourth-order valence-electron chi connectivity index (χ4n) is 6.33. The van der Waals surface area contributed by atoms with Crippen LogP contribution in [0.4, 0.5) is 0 Å². The molecule has 0 N–H and O–H groups in total. The Morgan fingerprint density at radius 2 is 1.28 bits per heavy atom. The van der Waals surface area contributed by atoms with Crippen LogP contribution in [-0.2, 0) is 0 Å². The van der Waals surface area contributed by atoms with Crippen molar-refractivity contribution >= 4 is 0 Å². The molecule has 18 heavy (non-hydrogen) atoms. The molecule has 0 bridgehead atoms. The molecular weight excluding hydrogens is 216 g/mol. The third-order valence-corrected chi connectivity index (χ3v) is 7.19. The molecule has 7 atom stereocenters. The first-order valence-corrected chi connectivity index (χ1v) is 8.76. The van der Waals surface area contributed by atoms with Crippen LogP contribution < -0.4 is 0 Å². The Bertz CT molecular complexity index is 280. The summed E-state index contributed by atoms with van der Waals surface area (Å²) in [6.45, 7) is 7.41. The molecule has 3 aliphatic carbocycles. The summed E-state index contributed by atoms with van der Waals surface area (Å²) in [4.78, 5) is 0. The van der Waals surface area contributed by atoms with Crippen LogP contribution in [0.1, 0.15) is 72.1 Å². The summed E-state index contributed by atoms with van der Waals surface area (Å²) in [5, 5.41) is 0. The summed E-state index contributed by atoms with van der Waals surface area (Å²) in [6.07, 6.45) is 12.3. The molecule has 3 aliphatic rings. The highest BCUT2D eigenvalue weighted by Gasteiger charge is 2.48. The maximum atomic E-state index is 2.53. The highest BCUT2D eigenvalue weighted by atomic mass is 14.5. The van der Waals surface area contributed by atoms with E-state index in [-0.39, 0.29) is 0 Å².